The van der Waals surface area contributed by atoms with Crippen LogP contribution in [0.5, 0.6) is 0 Å². The summed E-state index contributed by atoms with van der Waals surface area (Å²) in [6.45, 7) is 6.51. The number of hydrogen-bond donors (Lipinski definition) is 1. The summed E-state index contributed by atoms with van der Waals surface area (Å²) in [5.41, 5.74) is 1.32. The van der Waals surface area contributed by atoms with Gasteiger partial charge in [-0.05, 0) is 48.9 Å². The number of benzene rings is 1. The maximum absolute atomic E-state index is 12.0. The van der Waals surface area contributed by atoms with Crippen molar-refractivity contribution in [2.24, 2.45) is 5.41 Å². The Morgan fingerprint density at radius 2 is 1.86 bits per heavy atom. The third kappa shape index (κ3) is 4.00. The van der Waals surface area contributed by atoms with E-state index in [9.17, 15) is 8.42 Å². The highest BCUT2D eigenvalue weighted by molar-refractivity contribution is 7.91. The topological polar surface area (TPSA) is 46.2 Å². The third-order valence-corrected chi connectivity index (χ3v) is 6.47. The fourth-order valence-corrected chi connectivity index (χ4v) is 4.43. The van der Waals surface area contributed by atoms with Gasteiger partial charge < -0.3 is 5.32 Å². The van der Waals surface area contributed by atoms with Crippen molar-refractivity contribution in [3.05, 3.63) is 24.3 Å². The lowest BCUT2D eigenvalue weighted by Gasteiger charge is -2.39. The Morgan fingerprint density at radius 1 is 1.19 bits per heavy atom. The van der Waals surface area contributed by atoms with Crippen molar-refractivity contribution in [1.82, 2.24) is 0 Å². The first-order chi connectivity index (χ1) is 9.85. The Labute approximate surface area is 129 Å². The monoisotopic (exact) mass is 309 g/mol. The molecule has 1 aliphatic rings. The van der Waals surface area contributed by atoms with E-state index in [-0.39, 0.29) is 5.75 Å². The van der Waals surface area contributed by atoms with Crippen LogP contribution >= 0.6 is 0 Å². The predicted octanol–water partition coefficient (Wildman–Crippen LogP) is 4.25. The second-order valence-electron chi connectivity index (χ2n) is 6.77. The second kappa shape index (κ2) is 6.39. The lowest BCUT2D eigenvalue weighted by Crippen LogP contribution is -2.38. The van der Waals surface area contributed by atoms with Gasteiger partial charge in [0.15, 0.2) is 9.84 Å². The molecule has 0 bridgehead atoms. The van der Waals surface area contributed by atoms with Crippen molar-refractivity contribution in [2.75, 3.05) is 11.1 Å². The van der Waals surface area contributed by atoms with Crippen LogP contribution in [0, 0.1) is 5.41 Å². The minimum Gasteiger partial charge on any atom is -0.382 e. The molecule has 0 heterocycles. The van der Waals surface area contributed by atoms with Crippen LogP contribution in [0.1, 0.15) is 52.9 Å². The summed E-state index contributed by atoms with van der Waals surface area (Å²) in [6, 6.07) is 7.71. The minimum atomic E-state index is -3.11. The van der Waals surface area contributed by atoms with E-state index in [1.165, 1.54) is 25.7 Å². The molecule has 21 heavy (non-hydrogen) atoms. The van der Waals surface area contributed by atoms with Crippen molar-refractivity contribution in [3.8, 4) is 0 Å². The smallest absolute Gasteiger partial charge is 0.178 e. The molecule has 1 fully saturated rings. The normalized spacial score (nSPS) is 22.0. The van der Waals surface area contributed by atoms with Gasteiger partial charge in [0.1, 0.15) is 0 Å². The number of rotatable bonds is 5. The van der Waals surface area contributed by atoms with Gasteiger partial charge in [-0.1, -0.05) is 33.6 Å². The molecule has 1 atom stereocenters. The van der Waals surface area contributed by atoms with E-state index in [2.05, 4.69) is 19.2 Å². The summed E-state index contributed by atoms with van der Waals surface area (Å²) in [4.78, 5) is 0.429. The van der Waals surface area contributed by atoms with Crippen molar-refractivity contribution in [2.45, 2.75) is 63.8 Å². The summed E-state index contributed by atoms with van der Waals surface area (Å²) < 4.78 is 24.0. The molecule has 0 amide bonds. The fourth-order valence-electron chi connectivity index (χ4n) is 3.11. The summed E-state index contributed by atoms with van der Waals surface area (Å²) in [7, 11) is -3.11. The highest BCUT2D eigenvalue weighted by Gasteiger charge is 2.31. The van der Waals surface area contributed by atoms with Gasteiger partial charge >= 0.3 is 0 Å². The Kier molecular flexibility index (Phi) is 4.97. The Bertz CT molecular complexity index is 561. The molecule has 1 aliphatic carbocycles. The first-order valence-corrected chi connectivity index (χ1v) is 9.60. The van der Waals surface area contributed by atoms with E-state index in [0.29, 0.717) is 22.8 Å². The maximum atomic E-state index is 12.0. The second-order valence-corrected chi connectivity index (χ2v) is 8.88. The molecule has 1 saturated carbocycles. The number of sulfone groups is 1. The molecule has 1 unspecified atom stereocenters. The molecule has 1 N–H and O–H groups in total. The molecular formula is C17H27NO2S. The maximum Gasteiger partial charge on any atom is 0.178 e. The molecule has 4 heteroatoms. The van der Waals surface area contributed by atoms with E-state index < -0.39 is 9.84 Å². The van der Waals surface area contributed by atoms with E-state index in [4.69, 9.17) is 0 Å². The van der Waals surface area contributed by atoms with Crippen LogP contribution in [0.15, 0.2) is 29.2 Å². The van der Waals surface area contributed by atoms with Gasteiger partial charge in [-0.15, -0.1) is 0 Å². The molecule has 0 radical (unpaired) electrons. The molecule has 1 aromatic rings. The fraction of sp³-hybridized carbons (Fsp3) is 0.647. The van der Waals surface area contributed by atoms with Gasteiger partial charge in [0, 0.05) is 11.7 Å². The SMILES string of the molecule is CCCS(=O)(=O)c1ccc(NC2CCCCC2(C)C)cc1. The van der Waals surface area contributed by atoms with Gasteiger partial charge in [-0.25, -0.2) is 8.42 Å². The average molecular weight is 309 g/mol. The zero-order chi connectivity index (χ0) is 15.5. The van der Waals surface area contributed by atoms with Crippen LogP contribution in [0.4, 0.5) is 5.69 Å². The summed E-state index contributed by atoms with van der Waals surface area (Å²) >= 11 is 0. The highest BCUT2D eigenvalue weighted by Crippen LogP contribution is 2.37. The van der Waals surface area contributed by atoms with E-state index in [1.54, 1.807) is 12.1 Å². The van der Waals surface area contributed by atoms with E-state index in [1.807, 2.05) is 19.1 Å². The van der Waals surface area contributed by atoms with Crippen molar-refractivity contribution >= 4 is 15.5 Å². The number of anilines is 1. The molecule has 0 aromatic heterocycles. The first-order valence-electron chi connectivity index (χ1n) is 7.94. The van der Waals surface area contributed by atoms with Gasteiger partial charge in [0.05, 0.1) is 10.6 Å². The number of hydrogen-bond acceptors (Lipinski definition) is 3. The molecule has 0 spiro atoms. The van der Waals surface area contributed by atoms with Gasteiger partial charge in [0.2, 0.25) is 0 Å². The standard InChI is InChI=1S/C17H27NO2S/c1-4-13-21(19,20)15-10-8-14(9-11-15)18-16-7-5-6-12-17(16,2)3/h8-11,16,18H,4-7,12-13H2,1-3H3. The van der Waals surface area contributed by atoms with E-state index >= 15 is 0 Å². The van der Waals surface area contributed by atoms with Gasteiger partial charge in [-0.2, -0.15) is 0 Å². The molecule has 0 saturated heterocycles. The van der Waals surface area contributed by atoms with Crippen LogP contribution in [0.3, 0.4) is 0 Å². The van der Waals surface area contributed by atoms with Gasteiger partial charge in [0.25, 0.3) is 0 Å². The number of nitrogens with one attached hydrogen (secondary N) is 1. The largest absolute Gasteiger partial charge is 0.382 e. The van der Waals surface area contributed by atoms with Crippen molar-refractivity contribution in [1.29, 1.82) is 0 Å². The molecule has 3 nitrogen and oxygen atoms in total. The van der Waals surface area contributed by atoms with Crippen LogP contribution in [0.25, 0.3) is 0 Å². The lowest BCUT2D eigenvalue weighted by atomic mass is 9.73. The molecular weight excluding hydrogens is 282 g/mol. The minimum absolute atomic E-state index is 0.218. The lowest BCUT2D eigenvalue weighted by molar-refractivity contribution is 0.217. The zero-order valence-electron chi connectivity index (χ0n) is 13.4. The summed E-state index contributed by atoms with van der Waals surface area (Å²) in [5, 5.41) is 3.59. The predicted molar refractivity (Wildman–Crippen MR) is 88.4 cm³/mol. The molecule has 2 rings (SSSR count). The van der Waals surface area contributed by atoms with Crippen LogP contribution in [0.2, 0.25) is 0 Å². The Morgan fingerprint density at radius 3 is 2.43 bits per heavy atom. The van der Waals surface area contributed by atoms with Crippen molar-refractivity contribution in [3.63, 3.8) is 0 Å². The van der Waals surface area contributed by atoms with Crippen LogP contribution in [-0.2, 0) is 9.84 Å². The molecule has 1 aromatic carbocycles. The zero-order valence-corrected chi connectivity index (χ0v) is 14.2. The quantitative estimate of drug-likeness (QED) is 0.884. The first kappa shape index (κ1) is 16.3. The Balaban J connectivity index is 2.09. The summed E-state index contributed by atoms with van der Waals surface area (Å²) in [5.74, 6) is 0.218. The van der Waals surface area contributed by atoms with Gasteiger partial charge in [-0.3, -0.25) is 0 Å². The van der Waals surface area contributed by atoms with Crippen LogP contribution < -0.4 is 5.32 Å². The van der Waals surface area contributed by atoms with E-state index in [0.717, 1.165) is 5.69 Å². The molecule has 118 valence electrons. The van der Waals surface area contributed by atoms with Crippen LogP contribution in [-0.4, -0.2) is 20.2 Å². The third-order valence-electron chi connectivity index (χ3n) is 4.53. The Hall–Kier alpha value is -1.03. The van der Waals surface area contributed by atoms with Crippen molar-refractivity contribution < 1.29 is 8.42 Å². The highest BCUT2D eigenvalue weighted by atomic mass is 32.2. The molecule has 0 aliphatic heterocycles. The average Bonchev–Trinajstić information content (AvgIpc) is 2.42. The summed E-state index contributed by atoms with van der Waals surface area (Å²) in [6.07, 6.45) is 5.65.